The normalized spacial score (nSPS) is 23.1. The van der Waals surface area contributed by atoms with E-state index >= 15 is 0 Å². The number of ether oxygens (including phenoxy) is 3. The lowest BCUT2D eigenvalue weighted by Crippen LogP contribution is -2.44. The van der Waals surface area contributed by atoms with Crippen molar-refractivity contribution in [1.82, 2.24) is 15.3 Å². The van der Waals surface area contributed by atoms with Crippen molar-refractivity contribution >= 4 is 11.9 Å². The van der Waals surface area contributed by atoms with Gasteiger partial charge in [0.1, 0.15) is 18.0 Å². The molecule has 9 heteroatoms. The van der Waals surface area contributed by atoms with Gasteiger partial charge in [-0.15, -0.1) is 0 Å². The van der Waals surface area contributed by atoms with Crippen molar-refractivity contribution in [3.8, 4) is 23.1 Å². The predicted molar refractivity (Wildman–Crippen MR) is 123 cm³/mol. The average molecular weight is 457 g/mol. The summed E-state index contributed by atoms with van der Waals surface area (Å²) in [4.78, 5) is 21.6. The summed E-state index contributed by atoms with van der Waals surface area (Å²) >= 11 is 0. The van der Waals surface area contributed by atoms with Crippen molar-refractivity contribution in [3.05, 3.63) is 71.9 Å². The summed E-state index contributed by atoms with van der Waals surface area (Å²) in [6.07, 6.45) is 1.16. The number of nitriles is 1. The highest BCUT2D eigenvalue weighted by Crippen LogP contribution is 2.29. The third-order valence-corrected chi connectivity index (χ3v) is 5.98. The number of amides is 1. The van der Waals surface area contributed by atoms with E-state index in [9.17, 15) is 4.79 Å². The van der Waals surface area contributed by atoms with Gasteiger partial charge in [0.15, 0.2) is 0 Å². The van der Waals surface area contributed by atoms with Gasteiger partial charge in [-0.2, -0.15) is 5.26 Å². The summed E-state index contributed by atoms with van der Waals surface area (Å²) in [5.41, 5.74) is 2.66. The molecule has 2 N–H and O–H groups in total. The molecule has 3 aromatic rings. The van der Waals surface area contributed by atoms with Crippen LogP contribution in [-0.4, -0.2) is 60.5 Å². The number of carbonyl (C=O) groups is 1. The number of anilines is 1. The molecule has 34 heavy (non-hydrogen) atoms. The van der Waals surface area contributed by atoms with E-state index < -0.39 is 0 Å². The molecule has 1 amide bonds. The summed E-state index contributed by atoms with van der Waals surface area (Å²) in [6, 6.07) is 17.7. The number of fused-ring (bicyclic) bond motifs is 1. The van der Waals surface area contributed by atoms with E-state index in [0.717, 1.165) is 5.56 Å². The molecule has 4 atom stereocenters. The molecule has 0 spiro atoms. The van der Waals surface area contributed by atoms with Crippen LogP contribution in [0.3, 0.4) is 0 Å². The highest BCUT2D eigenvalue weighted by atomic mass is 16.6. The number of benzene rings is 2. The van der Waals surface area contributed by atoms with Crippen LogP contribution in [-0.2, 0) is 9.47 Å². The van der Waals surface area contributed by atoms with Crippen LogP contribution in [0.1, 0.15) is 15.9 Å². The molecule has 2 aromatic carbocycles. The molecule has 0 unspecified atom stereocenters. The number of methoxy groups -OCH3 is 1. The fraction of sp³-hybridized carbons (Fsp3) is 0.280. The third-order valence-electron chi connectivity index (χ3n) is 5.98. The molecule has 2 fully saturated rings. The molecule has 0 bridgehead atoms. The van der Waals surface area contributed by atoms with Gasteiger partial charge in [-0.1, -0.05) is 12.1 Å². The van der Waals surface area contributed by atoms with Gasteiger partial charge in [-0.3, -0.25) is 4.79 Å². The van der Waals surface area contributed by atoms with Crippen molar-refractivity contribution in [2.45, 2.75) is 24.3 Å². The van der Waals surface area contributed by atoms with Gasteiger partial charge in [0.05, 0.1) is 49.7 Å². The Labute approximate surface area is 196 Å². The number of hydrogen-bond donors (Lipinski definition) is 2. The second-order valence-corrected chi connectivity index (χ2v) is 8.11. The van der Waals surface area contributed by atoms with E-state index in [4.69, 9.17) is 19.5 Å². The number of aromatic nitrogens is 2. The van der Waals surface area contributed by atoms with Gasteiger partial charge < -0.3 is 24.8 Å². The molecule has 3 heterocycles. The number of nitrogens with one attached hydrogen (secondary N) is 2. The summed E-state index contributed by atoms with van der Waals surface area (Å²) < 4.78 is 17.1. The topological polar surface area (TPSA) is 118 Å². The zero-order chi connectivity index (χ0) is 23.5. The quantitative estimate of drug-likeness (QED) is 0.579. The minimum Gasteiger partial charge on any atom is -0.497 e. The first-order valence-corrected chi connectivity index (χ1v) is 10.9. The first-order chi connectivity index (χ1) is 16.6. The molecule has 2 aliphatic rings. The van der Waals surface area contributed by atoms with E-state index in [1.165, 1.54) is 0 Å². The van der Waals surface area contributed by atoms with Crippen LogP contribution in [0.25, 0.3) is 11.3 Å². The lowest BCUT2D eigenvalue weighted by Gasteiger charge is -2.18. The van der Waals surface area contributed by atoms with Gasteiger partial charge in [0.2, 0.25) is 5.95 Å². The van der Waals surface area contributed by atoms with Crippen LogP contribution in [0, 0.1) is 11.3 Å². The highest BCUT2D eigenvalue weighted by Gasteiger charge is 2.48. The fourth-order valence-corrected chi connectivity index (χ4v) is 4.24. The van der Waals surface area contributed by atoms with E-state index in [1.807, 2.05) is 12.1 Å². The Kier molecular flexibility index (Phi) is 6.08. The van der Waals surface area contributed by atoms with E-state index in [-0.39, 0.29) is 30.2 Å². The first-order valence-electron chi connectivity index (χ1n) is 10.9. The highest BCUT2D eigenvalue weighted by molar-refractivity contribution is 5.94. The first kappa shape index (κ1) is 21.8. The van der Waals surface area contributed by atoms with Crippen molar-refractivity contribution in [3.63, 3.8) is 0 Å². The molecule has 2 saturated heterocycles. The van der Waals surface area contributed by atoms with Crippen molar-refractivity contribution in [2.75, 3.05) is 25.6 Å². The Balaban J connectivity index is 1.23. The maximum Gasteiger partial charge on any atom is 0.251 e. The maximum absolute atomic E-state index is 12.7. The van der Waals surface area contributed by atoms with E-state index in [2.05, 4.69) is 26.7 Å². The molecule has 9 nitrogen and oxygen atoms in total. The zero-order valence-electron chi connectivity index (χ0n) is 18.5. The monoisotopic (exact) mass is 457 g/mol. The predicted octanol–water partition coefficient (Wildman–Crippen LogP) is 2.40. The van der Waals surface area contributed by atoms with Crippen molar-refractivity contribution in [2.24, 2.45) is 0 Å². The van der Waals surface area contributed by atoms with Gasteiger partial charge in [0.25, 0.3) is 5.91 Å². The number of nitrogens with zero attached hydrogens (tertiary/aromatic N) is 3. The Morgan fingerprint density at radius 3 is 2.62 bits per heavy atom. The molecule has 0 saturated carbocycles. The lowest BCUT2D eigenvalue weighted by molar-refractivity contribution is 0.0652. The van der Waals surface area contributed by atoms with Gasteiger partial charge in [-0.25, -0.2) is 9.97 Å². The van der Waals surface area contributed by atoms with Crippen LogP contribution < -0.4 is 15.4 Å². The van der Waals surface area contributed by atoms with Crippen LogP contribution in [0.2, 0.25) is 0 Å². The van der Waals surface area contributed by atoms with Crippen LogP contribution in [0.4, 0.5) is 5.95 Å². The molecule has 172 valence electrons. The molecule has 0 aliphatic carbocycles. The number of hydrogen-bond acceptors (Lipinski definition) is 8. The van der Waals surface area contributed by atoms with Crippen LogP contribution in [0.5, 0.6) is 5.75 Å². The van der Waals surface area contributed by atoms with Crippen molar-refractivity contribution in [1.29, 1.82) is 5.26 Å². The van der Waals surface area contributed by atoms with Gasteiger partial charge in [0, 0.05) is 17.3 Å². The minimum atomic E-state index is -0.268. The number of carbonyl (C=O) groups excluding carboxylic acids is 1. The van der Waals surface area contributed by atoms with Gasteiger partial charge in [-0.05, 0) is 42.5 Å². The van der Waals surface area contributed by atoms with Crippen LogP contribution in [0.15, 0.2) is 60.8 Å². The maximum atomic E-state index is 12.7. The second kappa shape index (κ2) is 9.47. The summed E-state index contributed by atoms with van der Waals surface area (Å²) in [6.45, 7) is 0.763. The van der Waals surface area contributed by atoms with Crippen LogP contribution >= 0.6 is 0 Å². The second-order valence-electron chi connectivity index (χ2n) is 8.11. The Hall–Kier alpha value is -4.00. The largest absolute Gasteiger partial charge is 0.497 e. The Morgan fingerprint density at radius 1 is 1.09 bits per heavy atom. The minimum absolute atomic E-state index is 0.159. The summed E-state index contributed by atoms with van der Waals surface area (Å²) in [5.74, 6) is 0.953. The third kappa shape index (κ3) is 4.41. The summed E-state index contributed by atoms with van der Waals surface area (Å²) in [5, 5.41) is 15.5. The molecule has 0 radical (unpaired) electrons. The zero-order valence-corrected chi connectivity index (χ0v) is 18.5. The molecule has 2 aliphatic heterocycles. The van der Waals surface area contributed by atoms with Crippen molar-refractivity contribution < 1.29 is 19.0 Å². The van der Waals surface area contributed by atoms with Gasteiger partial charge >= 0.3 is 0 Å². The Bertz CT molecular complexity index is 1230. The molecule has 5 rings (SSSR count). The number of rotatable bonds is 6. The summed E-state index contributed by atoms with van der Waals surface area (Å²) in [7, 11) is 1.58. The standard InChI is InChI=1S/C25H23N5O4/c1-32-18-7-5-16(6-8-18)24(31)28-20-13-33-23-21(14-34-22(20)23)30-25-27-10-9-19(29-25)17-4-2-3-15(11-17)12-26/h2-11,20-23H,13-14H2,1H3,(H,28,31)(H,27,29,30)/t20-,21+,22-,23+/m1/s1. The lowest BCUT2D eigenvalue weighted by atomic mass is 10.1. The Morgan fingerprint density at radius 2 is 1.85 bits per heavy atom. The fourth-order valence-electron chi connectivity index (χ4n) is 4.24. The molecular weight excluding hydrogens is 434 g/mol. The SMILES string of the molecule is COc1ccc(C(=O)N[C@@H]2CO[C@@H]3[C@@H]2OC[C@@H]3Nc2nccc(-c3cccc(C#N)c3)n2)cc1. The molecule has 1 aromatic heterocycles. The van der Waals surface area contributed by atoms with E-state index in [1.54, 1.807) is 55.8 Å². The smallest absolute Gasteiger partial charge is 0.251 e. The average Bonchev–Trinajstić information content (AvgIpc) is 3.47. The van der Waals surface area contributed by atoms with E-state index in [0.29, 0.717) is 41.7 Å². The molecular formula is C25H23N5O4.